The van der Waals surface area contributed by atoms with Crippen LogP contribution in [-0.2, 0) is 17.9 Å². The zero-order valence-electron chi connectivity index (χ0n) is 13.3. The first kappa shape index (κ1) is 18.6. The van der Waals surface area contributed by atoms with Crippen molar-refractivity contribution >= 4 is 44.4 Å². The highest BCUT2D eigenvalue weighted by Gasteiger charge is 2.24. The Bertz CT molecular complexity index is 1080. The molecule has 1 aliphatic carbocycles. The quantitative estimate of drug-likeness (QED) is 0.737. The number of carboxylic acid groups (broad SMARTS) is 1. The van der Waals surface area contributed by atoms with Crippen molar-refractivity contribution in [2.45, 2.75) is 24.1 Å². The maximum absolute atomic E-state index is 13.8. The molecule has 0 saturated heterocycles. The number of aliphatic carboxylic acids is 1. The number of aromatic nitrogens is 2. The summed E-state index contributed by atoms with van der Waals surface area (Å²) in [6.07, 6.45) is 4.41. The highest BCUT2D eigenvalue weighted by atomic mass is 79.9. The van der Waals surface area contributed by atoms with Crippen LogP contribution in [0.3, 0.4) is 0 Å². The van der Waals surface area contributed by atoms with Crippen LogP contribution >= 0.6 is 27.5 Å². The lowest BCUT2D eigenvalue weighted by atomic mass is 10.1. The van der Waals surface area contributed by atoms with Gasteiger partial charge in [0.25, 0.3) is 5.56 Å². The van der Waals surface area contributed by atoms with Gasteiger partial charge in [0.1, 0.15) is 6.54 Å². The number of carboxylic acids is 1. The molecule has 1 atom stereocenters. The van der Waals surface area contributed by atoms with Gasteiger partial charge < -0.3 is 5.11 Å². The first-order chi connectivity index (χ1) is 12.2. The fourth-order valence-electron chi connectivity index (χ4n) is 2.75. The number of nitrogens with zero attached hydrogens (tertiary/aromatic N) is 2. The van der Waals surface area contributed by atoms with Crippen molar-refractivity contribution in [3.8, 4) is 0 Å². The molecule has 1 aromatic heterocycles. The second-order valence-electron chi connectivity index (χ2n) is 5.89. The van der Waals surface area contributed by atoms with Gasteiger partial charge in [-0.1, -0.05) is 23.8 Å². The number of benzene rings is 1. The van der Waals surface area contributed by atoms with Gasteiger partial charge >= 0.3 is 11.7 Å². The molecular formula is C17H13BrClFN2O4. The third-order valence-corrected chi connectivity index (χ3v) is 4.82. The highest BCUT2D eigenvalue weighted by molar-refractivity contribution is 9.10. The Morgan fingerprint density at radius 2 is 2.08 bits per heavy atom. The Morgan fingerprint density at radius 3 is 2.69 bits per heavy atom. The summed E-state index contributed by atoms with van der Waals surface area (Å²) in [5, 5.41) is 9.57. The molecule has 0 radical (unpaired) electrons. The summed E-state index contributed by atoms with van der Waals surface area (Å²) >= 11 is 8.83. The fourth-order valence-corrected chi connectivity index (χ4v) is 3.21. The van der Waals surface area contributed by atoms with Crippen LogP contribution in [0, 0.1) is 0 Å². The molecule has 0 amide bonds. The molecule has 0 bridgehead atoms. The molecule has 9 heteroatoms. The summed E-state index contributed by atoms with van der Waals surface area (Å²) in [5.74, 6) is -1.23. The third-order valence-electron chi connectivity index (χ3n) is 4.00. The van der Waals surface area contributed by atoms with Crippen molar-refractivity contribution in [2.75, 3.05) is 0 Å². The minimum Gasteiger partial charge on any atom is -0.480 e. The number of carbonyl (C=O) groups is 1. The van der Waals surface area contributed by atoms with E-state index in [0.717, 1.165) is 9.13 Å². The number of halogens is 3. The van der Waals surface area contributed by atoms with E-state index in [2.05, 4.69) is 15.9 Å². The smallest absolute Gasteiger partial charge is 0.332 e. The van der Waals surface area contributed by atoms with Gasteiger partial charge in [-0.15, -0.1) is 0 Å². The van der Waals surface area contributed by atoms with Gasteiger partial charge in [0.2, 0.25) is 0 Å². The van der Waals surface area contributed by atoms with Crippen LogP contribution in [0.25, 0.3) is 10.9 Å². The lowest BCUT2D eigenvalue weighted by Crippen LogP contribution is -2.41. The number of alkyl halides is 2. The monoisotopic (exact) mass is 442 g/mol. The molecule has 26 heavy (non-hydrogen) atoms. The topological polar surface area (TPSA) is 81.3 Å². The minimum absolute atomic E-state index is 0.0556. The van der Waals surface area contributed by atoms with E-state index in [0.29, 0.717) is 5.57 Å². The van der Waals surface area contributed by atoms with Gasteiger partial charge in [-0.3, -0.25) is 18.7 Å². The zero-order valence-corrected chi connectivity index (χ0v) is 15.6. The lowest BCUT2D eigenvalue weighted by molar-refractivity contribution is -0.137. The van der Waals surface area contributed by atoms with Crippen LogP contribution in [0.15, 0.2) is 51.6 Å². The maximum atomic E-state index is 13.8. The number of allylic oxidation sites excluding steroid dienone is 4. The summed E-state index contributed by atoms with van der Waals surface area (Å²) in [4.78, 5) is 36.6. The van der Waals surface area contributed by atoms with Crippen LogP contribution in [0.4, 0.5) is 4.39 Å². The van der Waals surface area contributed by atoms with Crippen LogP contribution in [0.2, 0.25) is 5.02 Å². The molecule has 2 aromatic rings. The normalized spacial score (nSPS) is 19.6. The van der Waals surface area contributed by atoms with Gasteiger partial charge in [0, 0.05) is 11.4 Å². The molecular weight excluding hydrogens is 431 g/mol. The van der Waals surface area contributed by atoms with Crippen LogP contribution in [0.5, 0.6) is 0 Å². The predicted octanol–water partition coefficient (Wildman–Crippen LogP) is 2.85. The molecule has 1 aliphatic rings. The van der Waals surface area contributed by atoms with E-state index in [1.165, 1.54) is 30.4 Å². The maximum Gasteiger partial charge on any atom is 0.332 e. The van der Waals surface area contributed by atoms with Crippen molar-refractivity contribution in [3.63, 3.8) is 0 Å². The molecule has 0 aliphatic heterocycles. The fraction of sp³-hybridized carbons (Fsp3) is 0.235. The van der Waals surface area contributed by atoms with E-state index in [4.69, 9.17) is 16.7 Å². The molecule has 0 fully saturated rings. The van der Waals surface area contributed by atoms with Gasteiger partial charge in [-0.05, 0) is 45.8 Å². The SMILES string of the molecule is O=C(O)Cn1c(=O)n(CC2=CCC(F)(Br)C=C2)c(=O)c2ccc(Cl)cc21. The Labute approximate surface area is 159 Å². The van der Waals surface area contributed by atoms with E-state index in [-0.39, 0.29) is 28.9 Å². The molecule has 1 unspecified atom stereocenters. The third kappa shape index (κ3) is 3.66. The van der Waals surface area contributed by atoms with Gasteiger partial charge in [0.15, 0.2) is 4.58 Å². The standard InChI is InChI=1S/C17H13BrClFN2O4/c18-17(20)5-3-10(4-6-17)8-22-15(25)12-2-1-11(19)7-13(12)21(16(22)26)9-14(23)24/h1-5,7H,6,8-9H2,(H,23,24). The summed E-state index contributed by atoms with van der Waals surface area (Å²) in [6, 6.07) is 4.33. The Kier molecular flexibility index (Phi) is 4.90. The molecule has 136 valence electrons. The first-order valence-corrected chi connectivity index (χ1v) is 8.76. The predicted molar refractivity (Wildman–Crippen MR) is 99.7 cm³/mol. The molecule has 0 saturated carbocycles. The van der Waals surface area contributed by atoms with Crippen molar-refractivity contribution in [1.29, 1.82) is 0 Å². The van der Waals surface area contributed by atoms with Gasteiger partial charge in [-0.2, -0.15) is 0 Å². The molecule has 1 heterocycles. The lowest BCUT2D eigenvalue weighted by Gasteiger charge is -2.18. The second-order valence-corrected chi connectivity index (χ2v) is 7.65. The van der Waals surface area contributed by atoms with Crippen LogP contribution in [0.1, 0.15) is 6.42 Å². The van der Waals surface area contributed by atoms with E-state index in [9.17, 15) is 18.8 Å². The van der Waals surface area contributed by atoms with E-state index in [1.807, 2.05) is 0 Å². The van der Waals surface area contributed by atoms with Crippen molar-refractivity contribution in [1.82, 2.24) is 9.13 Å². The molecule has 3 rings (SSSR count). The highest BCUT2D eigenvalue weighted by Crippen LogP contribution is 2.31. The average molecular weight is 444 g/mol. The summed E-state index contributed by atoms with van der Waals surface area (Å²) in [7, 11) is 0. The summed E-state index contributed by atoms with van der Waals surface area (Å²) in [6.45, 7) is -0.699. The molecule has 6 nitrogen and oxygen atoms in total. The Hall–Kier alpha value is -2.19. The largest absolute Gasteiger partial charge is 0.480 e. The summed E-state index contributed by atoms with van der Waals surface area (Å²) < 4.78 is 14.0. The molecule has 1 aromatic carbocycles. The number of fused-ring (bicyclic) bond motifs is 1. The number of hydrogen-bond acceptors (Lipinski definition) is 3. The van der Waals surface area contributed by atoms with Crippen molar-refractivity contribution in [2.24, 2.45) is 0 Å². The van der Waals surface area contributed by atoms with Crippen molar-refractivity contribution < 1.29 is 14.3 Å². The number of rotatable bonds is 4. The average Bonchev–Trinajstić information content (AvgIpc) is 2.56. The molecule has 1 N–H and O–H groups in total. The van der Waals surface area contributed by atoms with Crippen molar-refractivity contribution in [3.05, 3.63) is 67.9 Å². The Morgan fingerprint density at radius 1 is 1.35 bits per heavy atom. The summed E-state index contributed by atoms with van der Waals surface area (Å²) in [5.41, 5.74) is -0.597. The minimum atomic E-state index is -1.65. The first-order valence-electron chi connectivity index (χ1n) is 7.59. The van der Waals surface area contributed by atoms with Gasteiger partial charge in [-0.25, -0.2) is 9.18 Å². The van der Waals surface area contributed by atoms with Crippen LogP contribution < -0.4 is 11.2 Å². The Balaban J connectivity index is 2.17. The second kappa shape index (κ2) is 6.85. The molecule has 0 spiro atoms. The van der Waals surface area contributed by atoms with E-state index >= 15 is 0 Å². The number of hydrogen-bond donors (Lipinski definition) is 1. The van der Waals surface area contributed by atoms with E-state index in [1.54, 1.807) is 6.08 Å². The zero-order chi connectivity index (χ0) is 19.1. The van der Waals surface area contributed by atoms with Gasteiger partial charge in [0.05, 0.1) is 17.4 Å². The van der Waals surface area contributed by atoms with Crippen LogP contribution in [-0.4, -0.2) is 24.8 Å². The van der Waals surface area contributed by atoms with E-state index < -0.39 is 28.3 Å².